The van der Waals surface area contributed by atoms with Crippen molar-refractivity contribution in [2.45, 2.75) is 6.92 Å². The number of nitrogens with two attached hydrogens (primary N) is 1. The number of ether oxygens (including phenoxy) is 2. The topological polar surface area (TPSA) is 154 Å². The number of carboxylic acid groups (broad SMARTS) is 1. The summed E-state index contributed by atoms with van der Waals surface area (Å²) in [5, 5.41) is 18.0. The summed E-state index contributed by atoms with van der Waals surface area (Å²) in [6.45, 7) is 1.28. The first-order chi connectivity index (χ1) is 17.3. The number of nitrogen functional groups attached to an aromatic ring is 1. The maximum Gasteiger partial charge on any atom is 0.432 e. The van der Waals surface area contributed by atoms with Gasteiger partial charge in [0, 0.05) is 35.0 Å². The lowest BCUT2D eigenvalue weighted by Crippen LogP contribution is -2.10. The predicted molar refractivity (Wildman–Crippen MR) is 134 cm³/mol. The van der Waals surface area contributed by atoms with Gasteiger partial charge in [-0.05, 0) is 30.3 Å². The van der Waals surface area contributed by atoms with E-state index >= 15 is 0 Å². The van der Waals surface area contributed by atoms with Gasteiger partial charge in [-0.15, -0.1) is 5.10 Å². The zero-order valence-electron chi connectivity index (χ0n) is 19.2. The van der Waals surface area contributed by atoms with Gasteiger partial charge in [-0.2, -0.15) is 4.68 Å². The standard InChI is InChI=1S/C25H20N6O5/c1-13(32)36-21-11-17-18(12-20(21)35-2)27-22(14-6-5-7-15(26)10-14)28-23(17)29-24-16-8-3-4-9-19(16)31(30-24)25(33)34/h3-12H,26H2,1-2H3,(H,33,34)(H,27,28,29,30). The van der Waals surface area contributed by atoms with Crippen molar-refractivity contribution >= 4 is 51.2 Å². The van der Waals surface area contributed by atoms with Gasteiger partial charge >= 0.3 is 12.1 Å². The molecule has 36 heavy (non-hydrogen) atoms. The monoisotopic (exact) mass is 484 g/mol. The zero-order valence-corrected chi connectivity index (χ0v) is 19.2. The summed E-state index contributed by atoms with van der Waals surface area (Å²) < 4.78 is 11.6. The van der Waals surface area contributed by atoms with Crippen LogP contribution in [0.5, 0.6) is 11.5 Å². The predicted octanol–water partition coefficient (Wildman–Crippen LogP) is 4.43. The Morgan fingerprint density at radius 2 is 1.78 bits per heavy atom. The average Bonchev–Trinajstić information content (AvgIpc) is 3.22. The van der Waals surface area contributed by atoms with E-state index in [-0.39, 0.29) is 11.6 Å². The van der Waals surface area contributed by atoms with E-state index in [1.807, 2.05) is 6.07 Å². The number of para-hydroxylation sites is 1. The van der Waals surface area contributed by atoms with Crippen LogP contribution in [0.4, 0.5) is 22.1 Å². The molecule has 5 aromatic rings. The van der Waals surface area contributed by atoms with E-state index in [9.17, 15) is 14.7 Å². The van der Waals surface area contributed by atoms with Crippen LogP contribution in [0.2, 0.25) is 0 Å². The molecule has 2 heterocycles. The number of fused-ring (bicyclic) bond motifs is 2. The van der Waals surface area contributed by atoms with Gasteiger partial charge in [-0.1, -0.05) is 24.3 Å². The van der Waals surface area contributed by atoms with Crippen LogP contribution in [0.25, 0.3) is 33.2 Å². The van der Waals surface area contributed by atoms with Gasteiger partial charge < -0.3 is 25.6 Å². The van der Waals surface area contributed by atoms with Gasteiger partial charge in [0.05, 0.1) is 18.1 Å². The van der Waals surface area contributed by atoms with Crippen LogP contribution in [0.15, 0.2) is 60.7 Å². The number of rotatable bonds is 5. The fraction of sp³-hybridized carbons (Fsp3) is 0.0800. The molecule has 0 fully saturated rings. The number of nitrogens with one attached hydrogen (secondary N) is 1. The van der Waals surface area contributed by atoms with Crippen molar-refractivity contribution in [3.8, 4) is 22.9 Å². The van der Waals surface area contributed by atoms with E-state index in [0.29, 0.717) is 50.4 Å². The highest BCUT2D eigenvalue weighted by molar-refractivity contribution is 6.00. The minimum absolute atomic E-state index is 0.182. The van der Waals surface area contributed by atoms with Crippen molar-refractivity contribution < 1.29 is 24.2 Å². The van der Waals surface area contributed by atoms with Crippen LogP contribution in [-0.2, 0) is 4.79 Å². The van der Waals surface area contributed by atoms with Crippen molar-refractivity contribution in [2.24, 2.45) is 0 Å². The molecule has 0 spiro atoms. The summed E-state index contributed by atoms with van der Waals surface area (Å²) >= 11 is 0. The highest BCUT2D eigenvalue weighted by Gasteiger charge is 2.19. The highest BCUT2D eigenvalue weighted by atomic mass is 16.6. The number of carbonyl (C=O) groups is 2. The van der Waals surface area contributed by atoms with Crippen molar-refractivity contribution in [3.05, 3.63) is 60.7 Å². The molecule has 0 radical (unpaired) electrons. The lowest BCUT2D eigenvalue weighted by atomic mass is 10.1. The molecular formula is C25H20N6O5. The molecule has 0 atom stereocenters. The molecule has 0 saturated carbocycles. The first-order valence-corrected chi connectivity index (χ1v) is 10.8. The normalized spacial score (nSPS) is 10.9. The number of esters is 1. The lowest BCUT2D eigenvalue weighted by molar-refractivity contribution is -0.132. The average molecular weight is 484 g/mol. The van der Waals surface area contributed by atoms with Crippen molar-refractivity contribution in [3.63, 3.8) is 0 Å². The van der Waals surface area contributed by atoms with Gasteiger partial charge in [-0.25, -0.2) is 14.8 Å². The number of hydrogen-bond acceptors (Lipinski definition) is 9. The molecule has 0 saturated heterocycles. The Hall–Kier alpha value is -5.19. The van der Waals surface area contributed by atoms with Crippen LogP contribution in [0.1, 0.15) is 6.92 Å². The summed E-state index contributed by atoms with van der Waals surface area (Å²) in [5.74, 6) is 0.918. The first-order valence-electron chi connectivity index (χ1n) is 10.8. The molecule has 0 aliphatic carbocycles. The van der Waals surface area contributed by atoms with E-state index in [1.165, 1.54) is 14.0 Å². The molecule has 180 valence electrons. The quantitative estimate of drug-likeness (QED) is 0.185. The lowest BCUT2D eigenvalue weighted by Gasteiger charge is -2.14. The fourth-order valence-corrected chi connectivity index (χ4v) is 3.85. The number of carbonyl (C=O) groups excluding carboxylic acids is 1. The Balaban J connectivity index is 1.75. The van der Waals surface area contributed by atoms with Crippen molar-refractivity contribution in [1.82, 2.24) is 19.7 Å². The minimum atomic E-state index is -1.23. The molecule has 0 aliphatic heterocycles. The number of methoxy groups -OCH3 is 1. The maximum absolute atomic E-state index is 11.8. The molecule has 0 bridgehead atoms. The molecule has 0 amide bonds. The molecule has 3 aromatic carbocycles. The van der Waals surface area contributed by atoms with E-state index in [4.69, 9.17) is 15.2 Å². The van der Waals surface area contributed by atoms with E-state index in [1.54, 1.807) is 54.6 Å². The Labute approximate surface area is 204 Å². The molecule has 11 heteroatoms. The van der Waals surface area contributed by atoms with Crippen LogP contribution in [-0.4, -0.2) is 44.0 Å². The third kappa shape index (κ3) is 4.09. The first kappa shape index (κ1) is 22.6. The SMILES string of the molecule is COc1cc2nc(-c3cccc(N)c3)nc(Nc3nn(C(=O)O)c4ccccc34)c2cc1OC(C)=O. The fourth-order valence-electron chi connectivity index (χ4n) is 3.85. The molecule has 2 aromatic heterocycles. The Morgan fingerprint density at radius 1 is 0.972 bits per heavy atom. The third-order valence-electron chi connectivity index (χ3n) is 5.39. The largest absolute Gasteiger partial charge is 0.493 e. The smallest absolute Gasteiger partial charge is 0.432 e. The van der Waals surface area contributed by atoms with Crippen LogP contribution >= 0.6 is 0 Å². The Morgan fingerprint density at radius 3 is 2.50 bits per heavy atom. The minimum Gasteiger partial charge on any atom is -0.493 e. The molecule has 11 nitrogen and oxygen atoms in total. The van der Waals surface area contributed by atoms with Crippen LogP contribution in [0.3, 0.4) is 0 Å². The summed E-state index contributed by atoms with van der Waals surface area (Å²) in [5.41, 5.74) is 8.07. The zero-order chi connectivity index (χ0) is 25.4. The molecule has 5 rings (SSSR count). The number of aromatic nitrogens is 4. The van der Waals surface area contributed by atoms with Gasteiger partial charge in [0.25, 0.3) is 0 Å². The summed E-state index contributed by atoms with van der Waals surface area (Å²) in [6, 6.07) is 17.2. The molecule has 4 N–H and O–H groups in total. The summed E-state index contributed by atoms with van der Waals surface area (Å²) in [4.78, 5) is 32.8. The second kappa shape index (κ2) is 8.87. The second-order valence-corrected chi connectivity index (χ2v) is 7.82. The highest BCUT2D eigenvalue weighted by Crippen LogP contribution is 2.37. The van der Waals surface area contributed by atoms with E-state index in [2.05, 4.69) is 20.4 Å². The molecule has 0 unspecified atom stereocenters. The van der Waals surface area contributed by atoms with Gasteiger partial charge in [0.1, 0.15) is 5.82 Å². The van der Waals surface area contributed by atoms with Crippen LogP contribution in [0, 0.1) is 0 Å². The third-order valence-corrected chi connectivity index (χ3v) is 5.39. The van der Waals surface area contributed by atoms with E-state index < -0.39 is 12.1 Å². The Bertz CT molecular complexity index is 1660. The second-order valence-electron chi connectivity index (χ2n) is 7.82. The number of nitrogens with zero attached hydrogens (tertiary/aromatic N) is 4. The van der Waals surface area contributed by atoms with Gasteiger partial charge in [-0.3, -0.25) is 4.79 Å². The number of hydrogen-bond donors (Lipinski definition) is 3. The van der Waals surface area contributed by atoms with E-state index in [0.717, 1.165) is 4.68 Å². The number of benzene rings is 3. The summed E-state index contributed by atoms with van der Waals surface area (Å²) in [7, 11) is 1.46. The number of anilines is 3. The maximum atomic E-state index is 11.8. The summed E-state index contributed by atoms with van der Waals surface area (Å²) in [6.07, 6.45) is -1.23. The van der Waals surface area contributed by atoms with Gasteiger partial charge in [0.15, 0.2) is 23.1 Å². The Kier molecular flexibility index (Phi) is 5.57. The molecule has 0 aliphatic rings. The van der Waals surface area contributed by atoms with Crippen molar-refractivity contribution in [1.29, 1.82) is 0 Å². The van der Waals surface area contributed by atoms with Gasteiger partial charge in [0.2, 0.25) is 0 Å². The molecular weight excluding hydrogens is 464 g/mol. The van der Waals surface area contributed by atoms with Crippen molar-refractivity contribution in [2.75, 3.05) is 18.2 Å². The van der Waals surface area contributed by atoms with Crippen LogP contribution < -0.4 is 20.5 Å².